The summed E-state index contributed by atoms with van der Waals surface area (Å²) < 4.78 is 26.4. The van der Waals surface area contributed by atoms with Gasteiger partial charge in [-0.1, -0.05) is 0 Å². The first-order valence-electron chi connectivity index (χ1n) is 6.68. The molecule has 0 radical (unpaired) electrons. The first-order chi connectivity index (χ1) is 10.1. The third-order valence-electron chi connectivity index (χ3n) is 3.38. The quantitative estimate of drug-likeness (QED) is 0.811. The maximum absolute atomic E-state index is 13.2. The molecule has 0 spiro atoms. The molecule has 21 heavy (non-hydrogen) atoms. The molecule has 1 saturated heterocycles. The van der Waals surface area contributed by atoms with Gasteiger partial charge in [-0.15, -0.1) is 0 Å². The summed E-state index contributed by atoms with van der Waals surface area (Å²) in [5, 5.41) is 12.3. The molecule has 0 bridgehead atoms. The molecule has 0 saturated carbocycles. The van der Waals surface area contributed by atoms with Crippen LogP contribution < -0.4 is 10.6 Å². The number of halogens is 2. The van der Waals surface area contributed by atoms with E-state index in [0.717, 1.165) is 25.5 Å². The Morgan fingerprint density at radius 2 is 2.00 bits per heavy atom. The Morgan fingerprint density at radius 1 is 1.24 bits per heavy atom. The highest BCUT2D eigenvalue weighted by molar-refractivity contribution is 5.94. The molecule has 2 aromatic rings. The van der Waals surface area contributed by atoms with Crippen molar-refractivity contribution < 1.29 is 13.6 Å². The van der Waals surface area contributed by atoms with E-state index in [-0.39, 0.29) is 11.9 Å². The smallest absolute Gasteiger partial charge is 0.242 e. The number of nitrogens with one attached hydrogen (secondary N) is 3. The molecule has 1 aromatic heterocycles. The van der Waals surface area contributed by atoms with Crippen LogP contribution in [0, 0.1) is 11.6 Å². The van der Waals surface area contributed by atoms with E-state index in [1.165, 1.54) is 12.1 Å². The minimum Gasteiger partial charge on any atom is -0.308 e. The molecule has 1 aromatic carbocycles. The van der Waals surface area contributed by atoms with Crippen LogP contribution in [-0.4, -0.2) is 28.7 Å². The average Bonchev–Trinajstić information content (AvgIpc) is 3.08. The van der Waals surface area contributed by atoms with Crippen LogP contribution in [0.3, 0.4) is 0 Å². The van der Waals surface area contributed by atoms with Crippen molar-refractivity contribution in [3.8, 4) is 11.3 Å². The second-order valence-corrected chi connectivity index (χ2v) is 4.96. The second kappa shape index (κ2) is 5.61. The van der Waals surface area contributed by atoms with Gasteiger partial charge in [-0.05, 0) is 31.5 Å². The van der Waals surface area contributed by atoms with Crippen molar-refractivity contribution in [3.05, 3.63) is 35.9 Å². The molecule has 1 aliphatic rings. The third kappa shape index (κ3) is 3.08. The number of carbonyl (C=O) groups excluding carboxylic acids is 1. The molecule has 1 fully saturated rings. The number of hydrogen-bond acceptors (Lipinski definition) is 3. The van der Waals surface area contributed by atoms with Gasteiger partial charge in [0, 0.05) is 17.7 Å². The zero-order valence-corrected chi connectivity index (χ0v) is 11.1. The van der Waals surface area contributed by atoms with Crippen molar-refractivity contribution in [2.75, 3.05) is 11.9 Å². The Hall–Kier alpha value is -2.28. The Bertz CT molecular complexity index is 644. The molecule has 110 valence electrons. The van der Waals surface area contributed by atoms with Crippen LogP contribution in [0.15, 0.2) is 24.3 Å². The Labute approximate surface area is 119 Å². The van der Waals surface area contributed by atoms with Gasteiger partial charge in [-0.2, -0.15) is 5.10 Å². The van der Waals surface area contributed by atoms with Crippen LogP contribution in [0.1, 0.15) is 12.8 Å². The normalized spacial score (nSPS) is 17.9. The van der Waals surface area contributed by atoms with Gasteiger partial charge in [-0.3, -0.25) is 9.89 Å². The molecule has 1 atom stereocenters. The molecule has 0 aliphatic carbocycles. The van der Waals surface area contributed by atoms with Crippen molar-refractivity contribution in [1.82, 2.24) is 15.5 Å². The maximum atomic E-state index is 13.2. The van der Waals surface area contributed by atoms with Crippen LogP contribution in [0.4, 0.5) is 14.6 Å². The van der Waals surface area contributed by atoms with E-state index in [2.05, 4.69) is 20.8 Å². The van der Waals surface area contributed by atoms with Crippen molar-refractivity contribution in [3.63, 3.8) is 0 Å². The predicted molar refractivity (Wildman–Crippen MR) is 73.6 cm³/mol. The monoisotopic (exact) mass is 292 g/mol. The van der Waals surface area contributed by atoms with Gasteiger partial charge in [0.1, 0.15) is 11.6 Å². The molecule has 3 rings (SSSR count). The summed E-state index contributed by atoms with van der Waals surface area (Å²) in [7, 11) is 0. The fourth-order valence-corrected chi connectivity index (χ4v) is 2.36. The lowest BCUT2D eigenvalue weighted by atomic mass is 10.1. The van der Waals surface area contributed by atoms with Gasteiger partial charge in [0.15, 0.2) is 5.82 Å². The van der Waals surface area contributed by atoms with Gasteiger partial charge in [0.25, 0.3) is 0 Å². The summed E-state index contributed by atoms with van der Waals surface area (Å²) in [6.07, 6.45) is 1.75. The fourth-order valence-electron chi connectivity index (χ4n) is 2.36. The van der Waals surface area contributed by atoms with Gasteiger partial charge in [0.05, 0.1) is 11.7 Å². The summed E-state index contributed by atoms with van der Waals surface area (Å²) in [6.45, 7) is 0.826. The molecule has 5 nitrogen and oxygen atoms in total. The summed E-state index contributed by atoms with van der Waals surface area (Å²) in [4.78, 5) is 11.9. The highest BCUT2D eigenvalue weighted by Crippen LogP contribution is 2.22. The van der Waals surface area contributed by atoms with E-state index in [0.29, 0.717) is 17.1 Å². The molecule has 7 heteroatoms. The number of hydrogen-bond donors (Lipinski definition) is 3. The zero-order valence-electron chi connectivity index (χ0n) is 11.1. The van der Waals surface area contributed by atoms with E-state index in [9.17, 15) is 13.6 Å². The highest BCUT2D eigenvalue weighted by Gasteiger charge is 2.22. The molecule has 2 heterocycles. The van der Waals surface area contributed by atoms with Crippen LogP contribution in [0.25, 0.3) is 11.3 Å². The van der Waals surface area contributed by atoms with E-state index >= 15 is 0 Å². The standard InChI is InChI=1S/C14H14F2N4O/c15-9-4-8(5-10(16)6-9)12-7-13(20-19-12)18-14(21)11-2-1-3-17-11/h4-7,11,17H,1-3H2,(H2,18,19,20,21). The molecule has 1 aliphatic heterocycles. The summed E-state index contributed by atoms with van der Waals surface area (Å²) >= 11 is 0. The lowest BCUT2D eigenvalue weighted by molar-refractivity contribution is -0.117. The van der Waals surface area contributed by atoms with Crippen molar-refractivity contribution in [2.24, 2.45) is 0 Å². The van der Waals surface area contributed by atoms with E-state index in [1.807, 2.05) is 0 Å². The number of aromatic amines is 1. The molecular formula is C14H14F2N4O. The largest absolute Gasteiger partial charge is 0.308 e. The number of rotatable bonds is 3. The summed E-state index contributed by atoms with van der Waals surface area (Å²) in [5.74, 6) is -1.16. The first-order valence-corrected chi connectivity index (χ1v) is 6.68. The van der Waals surface area contributed by atoms with E-state index < -0.39 is 11.6 Å². The maximum Gasteiger partial charge on any atom is 0.242 e. The topological polar surface area (TPSA) is 69.8 Å². The Morgan fingerprint density at radius 3 is 2.67 bits per heavy atom. The summed E-state index contributed by atoms with van der Waals surface area (Å²) in [5.41, 5.74) is 0.766. The zero-order chi connectivity index (χ0) is 14.8. The second-order valence-electron chi connectivity index (χ2n) is 4.96. The summed E-state index contributed by atoms with van der Waals surface area (Å²) in [6, 6.07) is 4.52. The number of amides is 1. The van der Waals surface area contributed by atoms with Gasteiger partial charge < -0.3 is 10.6 Å². The highest BCUT2D eigenvalue weighted by atomic mass is 19.1. The minimum absolute atomic E-state index is 0.157. The fraction of sp³-hybridized carbons (Fsp3) is 0.286. The number of anilines is 1. The molecule has 1 amide bonds. The molecular weight excluding hydrogens is 278 g/mol. The van der Waals surface area contributed by atoms with Crippen LogP contribution >= 0.6 is 0 Å². The van der Waals surface area contributed by atoms with Gasteiger partial charge >= 0.3 is 0 Å². The minimum atomic E-state index is -0.666. The lowest BCUT2D eigenvalue weighted by Crippen LogP contribution is -2.35. The van der Waals surface area contributed by atoms with Gasteiger partial charge in [0.2, 0.25) is 5.91 Å². The average molecular weight is 292 g/mol. The number of H-pyrrole nitrogens is 1. The Balaban J connectivity index is 1.75. The van der Waals surface area contributed by atoms with Crippen molar-refractivity contribution in [1.29, 1.82) is 0 Å². The number of nitrogens with zero attached hydrogens (tertiary/aromatic N) is 1. The molecule has 3 N–H and O–H groups in total. The van der Waals surface area contributed by atoms with Crippen LogP contribution in [-0.2, 0) is 4.79 Å². The van der Waals surface area contributed by atoms with E-state index in [1.54, 1.807) is 6.07 Å². The SMILES string of the molecule is O=C(Nc1cc(-c2cc(F)cc(F)c2)[nH]n1)C1CCCN1. The van der Waals surface area contributed by atoms with Crippen LogP contribution in [0.2, 0.25) is 0 Å². The van der Waals surface area contributed by atoms with E-state index in [4.69, 9.17) is 0 Å². The van der Waals surface area contributed by atoms with Gasteiger partial charge in [-0.25, -0.2) is 8.78 Å². The van der Waals surface area contributed by atoms with Crippen molar-refractivity contribution >= 4 is 11.7 Å². The number of aromatic nitrogens is 2. The first kappa shape index (κ1) is 13.7. The van der Waals surface area contributed by atoms with Crippen LogP contribution in [0.5, 0.6) is 0 Å². The Kier molecular flexibility index (Phi) is 3.66. The molecule has 1 unspecified atom stereocenters. The van der Waals surface area contributed by atoms with Crippen molar-refractivity contribution in [2.45, 2.75) is 18.9 Å². The predicted octanol–water partition coefficient (Wildman–Crippen LogP) is 2.05. The number of carbonyl (C=O) groups is 1. The third-order valence-corrected chi connectivity index (χ3v) is 3.38. The number of benzene rings is 1. The lowest BCUT2D eigenvalue weighted by Gasteiger charge is -2.08.